The number of carbonyl (C=O) groups excluding carboxylic acids is 2. The van der Waals surface area contributed by atoms with E-state index in [9.17, 15) is 9.59 Å². The first-order valence-corrected chi connectivity index (χ1v) is 18.9. The van der Waals surface area contributed by atoms with E-state index >= 15 is 0 Å². The number of esters is 2. The quantitative estimate of drug-likeness (QED) is 0.106. The van der Waals surface area contributed by atoms with Crippen molar-refractivity contribution >= 4 is 89.2 Å². The summed E-state index contributed by atoms with van der Waals surface area (Å²) in [5, 5.41) is 0. The van der Waals surface area contributed by atoms with Gasteiger partial charge < -0.3 is 9.47 Å². The summed E-state index contributed by atoms with van der Waals surface area (Å²) in [7, 11) is 0. The highest BCUT2D eigenvalue weighted by Crippen LogP contribution is 2.46. The number of rotatable bonds is 16. The lowest BCUT2D eigenvalue weighted by atomic mass is 9.91. The SMILES string of the molecule is CCCCC(CC)COC(=O)c1c(C(=O)OCC(CC)CCCC)c(-c2ccc(Br)s2)c2nsnc2c1-c1ccc(Br)s1. The van der Waals surface area contributed by atoms with Gasteiger partial charge in [0.1, 0.15) is 11.0 Å². The molecule has 1 aromatic carbocycles. The molecule has 3 heterocycles. The molecule has 11 heteroatoms. The van der Waals surface area contributed by atoms with Gasteiger partial charge in [0, 0.05) is 20.9 Å². The van der Waals surface area contributed by atoms with E-state index < -0.39 is 11.9 Å². The normalized spacial score (nSPS) is 12.9. The monoisotopic (exact) mass is 768 g/mol. The van der Waals surface area contributed by atoms with Crippen molar-refractivity contribution in [2.24, 2.45) is 11.8 Å². The van der Waals surface area contributed by atoms with E-state index in [-0.39, 0.29) is 23.0 Å². The van der Waals surface area contributed by atoms with Crippen LogP contribution in [-0.4, -0.2) is 33.9 Å². The average molecular weight is 771 g/mol. The van der Waals surface area contributed by atoms with Crippen molar-refractivity contribution < 1.29 is 19.1 Å². The number of thiophene rings is 2. The van der Waals surface area contributed by atoms with Crippen LogP contribution < -0.4 is 0 Å². The summed E-state index contributed by atoms with van der Waals surface area (Å²) in [6.45, 7) is 9.14. The van der Waals surface area contributed by atoms with Crippen molar-refractivity contribution in [1.29, 1.82) is 0 Å². The number of halogens is 2. The van der Waals surface area contributed by atoms with E-state index in [4.69, 9.17) is 9.47 Å². The van der Waals surface area contributed by atoms with Gasteiger partial charge in [-0.05, 0) is 80.8 Å². The second-order valence-corrected chi connectivity index (χ2v) is 16.2. The van der Waals surface area contributed by atoms with Crippen LogP contribution in [0, 0.1) is 11.8 Å². The first-order chi connectivity index (χ1) is 20.8. The molecule has 4 aromatic rings. The fraction of sp³-hybridized carbons (Fsp3) is 0.500. The minimum absolute atomic E-state index is 0.200. The second-order valence-electron chi connectivity index (χ2n) is 10.7. The molecule has 0 amide bonds. The Morgan fingerprint density at radius 3 is 1.47 bits per heavy atom. The summed E-state index contributed by atoms with van der Waals surface area (Å²) in [6, 6.07) is 7.73. The van der Waals surface area contributed by atoms with Crippen molar-refractivity contribution in [2.45, 2.75) is 79.1 Å². The Labute approximate surface area is 283 Å². The Balaban J connectivity index is 1.92. The van der Waals surface area contributed by atoms with E-state index in [2.05, 4.69) is 68.3 Å². The van der Waals surface area contributed by atoms with Crippen molar-refractivity contribution in [2.75, 3.05) is 13.2 Å². The Morgan fingerprint density at radius 1 is 0.721 bits per heavy atom. The summed E-state index contributed by atoms with van der Waals surface area (Å²) in [5.74, 6) is -0.572. The van der Waals surface area contributed by atoms with E-state index in [0.29, 0.717) is 35.4 Å². The Hall–Kier alpha value is -1.66. The number of hydrogen-bond donors (Lipinski definition) is 0. The maximum absolute atomic E-state index is 14.3. The first kappa shape index (κ1) is 34.2. The van der Waals surface area contributed by atoms with Gasteiger partial charge >= 0.3 is 11.9 Å². The molecule has 0 spiro atoms. The molecule has 0 aliphatic heterocycles. The van der Waals surface area contributed by atoms with E-state index in [1.807, 2.05) is 24.3 Å². The maximum atomic E-state index is 14.3. The number of ether oxygens (including phenoxy) is 2. The maximum Gasteiger partial charge on any atom is 0.339 e. The van der Waals surface area contributed by atoms with Crippen LogP contribution in [0.5, 0.6) is 0 Å². The molecule has 0 saturated heterocycles. The van der Waals surface area contributed by atoms with Crippen LogP contribution in [0.1, 0.15) is 99.8 Å². The lowest BCUT2D eigenvalue weighted by molar-refractivity contribution is 0.0383. The molecule has 0 radical (unpaired) electrons. The molecule has 3 aromatic heterocycles. The third-order valence-corrected chi connectivity index (χ3v) is 11.6. The third-order valence-electron chi connectivity index (χ3n) is 7.75. The fourth-order valence-corrected chi connectivity index (χ4v) is 8.55. The van der Waals surface area contributed by atoms with Gasteiger partial charge in [0.2, 0.25) is 0 Å². The number of nitrogens with zero attached hydrogens (tertiary/aromatic N) is 2. The van der Waals surface area contributed by atoms with Gasteiger partial charge in [-0.15, -0.1) is 22.7 Å². The zero-order valence-electron chi connectivity index (χ0n) is 25.0. The molecule has 2 atom stereocenters. The molecule has 2 unspecified atom stereocenters. The summed E-state index contributed by atoms with van der Waals surface area (Å²) in [5.41, 5.74) is 2.69. The van der Waals surface area contributed by atoms with E-state index in [1.165, 1.54) is 22.7 Å². The number of hydrogen-bond acceptors (Lipinski definition) is 9. The molecule has 0 fully saturated rings. The molecule has 0 aliphatic rings. The standard InChI is InChI=1S/C32H38Br2N2O4S3/c1-5-9-11-19(7-3)17-39-31(37)27-25(21-13-15-23(33)41-21)29-30(36-43-35-29)26(22-14-16-24(34)42-22)28(27)32(38)40-18-20(8-4)12-10-6-2/h13-16,19-20H,5-12,17-18H2,1-4H3. The van der Waals surface area contributed by atoms with Crippen molar-refractivity contribution in [3.05, 3.63) is 43.0 Å². The summed E-state index contributed by atoms with van der Waals surface area (Å²) in [4.78, 5) is 30.1. The van der Waals surface area contributed by atoms with Gasteiger partial charge in [0.25, 0.3) is 0 Å². The fourth-order valence-electron chi connectivity index (χ4n) is 5.12. The van der Waals surface area contributed by atoms with Gasteiger partial charge in [0.05, 0.1) is 43.6 Å². The van der Waals surface area contributed by atoms with Crippen molar-refractivity contribution in [3.8, 4) is 20.9 Å². The number of unbranched alkanes of at least 4 members (excludes halogenated alkanes) is 2. The van der Waals surface area contributed by atoms with Crippen molar-refractivity contribution in [3.63, 3.8) is 0 Å². The zero-order chi connectivity index (χ0) is 30.9. The molecule has 232 valence electrons. The number of fused-ring (bicyclic) bond motifs is 1. The topological polar surface area (TPSA) is 78.4 Å². The highest BCUT2D eigenvalue weighted by Gasteiger charge is 2.34. The number of carbonyl (C=O) groups is 2. The minimum Gasteiger partial charge on any atom is -0.462 e. The van der Waals surface area contributed by atoms with Gasteiger partial charge in [0.15, 0.2) is 0 Å². The van der Waals surface area contributed by atoms with Crippen LogP contribution in [0.3, 0.4) is 0 Å². The zero-order valence-corrected chi connectivity index (χ0v) is 30.7. The highest BCUT2D eigenvalue weighted by molar-refractivity contribution is 9.11. The molecule has 6 nitrogen and oxygen atoms in total. The number of benzene rings is 1. The third kappa shape index (κ3) is 8.34. The summed E-state index contributed by atoms with van der Waals surface area (Å²) in [6.07, 6.45) is 8.11. The Bertz CT molecular complexity index is 1420. The summed E-state index contributed by atoms with van der Waals surface area (Å²) >= 11 is 11.2. The van der Waals surface area contributed by atoms with Gasteiger partial charge in [-0.1, -0.05) is 66.2 Å². The smallest absolute Gasteiger partial charge is 0.339 e. The summed E-state index contributed by atoms with van der Waals surface area (Å²) < 4.78 is 23.3. The molecule has 43 heavy (non-hydrogen) atoms. The van der Waals surface area contributed by atoms with E-state index in [1.54, 1.807) is 0 Å². The van der Waals surface area contributed by atoms with Crippen LogP contribution in [0.25, 0.3) is 31.9 Å². The average Bonchev–Trinajstić information content (AvgIpc) is 3.77. The second kappa shape index (κ2) is 16.6. The lowest BCUT2D eigenvalue weighted by Crippen LogP contribution is -2.21. The Morgan fingerprint density at radius 2 is 1.14 bits per heavy atom. The van der Waals surface area contributed by atoms with E-state index in [0.717, 1.165) is 80.4 Å². The highest BCUT2D eigenvalue weighted by atomic mass is 79.9. The van der Waals surface area contributed by atoms with Gasteiger partial charge in [-0.25, -0.2) is 9.59 Å². The molecule has 0 N–H and O–H groups in total. The predicted octanol–water partition coefficient (Wildman–Crippen LogP) is 11.4. The van der Waals surface area contributed by atoms with Gasteiger partial charge in [-0.3, -0.25) is 0 Å². The lowest BCUT2D eigenvalue weighted by Gasteiger charge is -2.20. The van der Waals surface area contributed by atoms with Crippen LogP contribution >= 0.6 is 66.3 Å². The molecular weight excluding hydrogens is 732 g/mol. The van der Waals surface area contributed by atoms with Crippen LogP contribution in [-0.2, 0) is 9.47 Å². The van der Waals surface area contributed by atoms with Crippen molar-refractivity contribution in [1.82, 2.24) is 8.75 Å². The largest absolute Gasteiger partial charge is 0.462 e. The molecule has 4 rings (SSSR count). The Kier molecular flexibility index (Phi) is 13.2. The molecule has 0 aliphatic carbocycles. The number of aromatic nitrogens is 2. The predicted molar refractivity (Wildman–Crippen MR) is 187 cm³/mol. The van der Waals surface area contributed by atoms with Crippen LogP contribution in [0.15, 0.2) is 31.8 Å². The van der Waals surface area contributed by atoms with Gasteiger partial charge in [-0.2, -0.15) is 8.75 Å². The first-order valence-electron chi connectivity index (χ1n) is 15.0. The molecule has 0 bridgehead atoms. The molecular formula is C32H38Br2N2O4S3. The van der Waals surface area contributed by atoms with Crippen LogP contribution in [0.2, 0.25) is 0 Å². The minimum atomic E-state index is -0.536. The molecule has 0 saturated carbocycles. The van der Waals surface area contributed by atoms with Crippen LogP contribution in [0.4, 0.5) is 0 Å².